The molecule has 1 N–H and O–H groups in total. The Morgan fingerprint density at radius 3 is 2.56 bits per heavy atom. The van der Waals surface area contributed by atoms with Gasteiger partial charge in [0.2, 0.25) is 0 Å². The first kappa shape index (κ1) is 19.2. The van der Waals surface area contributed by atoms with Crippen LogP contribution in [0.25, 0.3) is 0 Å². The maximum Gasteiger partial charge on any atom is 0.341 e. The first-order chi connectivity index (χ1) is 12.0. The molecule has 0 aliphatic heterocycles. The van der Waals surface area contributed by atoms with E-state index in [9.17, 15) is 9.59 Å². The molecule has 1 amide bonds. The smallest absolute Gasteiger partial charge is 0.341 e. The molecule has 0 saturated heterocycles. The number of hydrogen-bond donors (Lipinski definition) is 1. The third-order valence-corrected chi connectivity index (χ3v) is 4.43. The lowest BCUT2D eigenvalue weighted by atomic mass is 9.99. The summed E-state index contributed by atoms with van der Waals surface area (Å²) in [4.78, 5) is 24.8. The van der Waals surface area contributed by atoms with Gasteiger partial charge >= 0.3 is 5.97 Å². The number of carbonyl (C=O) groups is 2. The SMILES string of the molecule is CCCOc1ccc(NC(=O)[C@@](C)(OC)C2CC2)cc1C(=O)OCC. The van der Waals surface area contributed by atoms with Crippen molar-refractivity contribution >= 4 is 17.6 Å². The summed E-state index contributed by atoms with van der Waals surface area (Å²) in [6.45, 7) is 6.30. The van der Waals surface area contributed by atoms with Crippen molar-refractivity contribution in [3.05, 3.63) is 23.8 Å². The Kier molecular flexibility index (Phi) is 6.42. The van der Waals surface area contributed by atoms with Crippen LogP contribution in [0, 0.1) is 5.92 Å². The second-order valence-corrected chi connectivity index (χ2v) is 6.32. The van der Waals surface area contributed by atoms with E-state index in [1.807, 2.05) is 6.92 Å². The van der Waals surface area contributed by atoms with Crippen LogP contribution < -0.4 is 10.1 Å². The molecule has 0 aromatic heterocycles. The maximum atomic E-state index is 12.6. The van der Waals surface area contributed by atoms with E-state index in [0.717, 1.165) is 19.3 Å². The van der Waals surface area contributed by atoms with Crippen LogP contribution in [0.5, 0.6) is 5.75 Å². The summed E-state index contributed by atoms with van der Waals surface area (Å²) in [6.07, 6.45) is 2.79. The minimum Gasteiger partial charge on any atom is -0.493 e. The fourth-order valence-corrected chi connectivity index (χ4v) is 2.65. The number of carbonyl (C=O) groups excluding carboxylic acids is 2. The van der Waals surface area contributed by atoms with Gasteiger partial charge in [0.1, 0.15) is 16.9 Å². The van der Waals surface area contributed by atoms with Crippen LogP contribution in [0.3, 0.4) is 0 Å². The van der Waals surface area contributed by atoms with Gasteiger partial charge in [0.15, 0.2) is 0 Å². The molecule has 1 aromatic carbocycles. The predicted molar refractivity (Wildman–Crippen MR) is 95.0 cm³/mol. The molecule has 25 heavy (non-hydrogen) atoms. The van der Waals surface area contributed by atoms with Crippen molar-refractivity contribution in [2.75, 3.05) is 25.6 Å². The fourth-order valence-electron chi connectivity index (χ4n) is 2.65. The summed E-state index contributed by atoms with van der Waals surface area (Å²) >= 11 is 0. The molecular weight excluding hydrogens is 322 g/mol. The van der Waals surface area contributed by atoms with Gasteiger partial charge in [-0.05, 0) is 57.2 Å². The molecule has 1 saturated carbocycles. The molecular formula is C19H27NO5. The molecule has 0 heterocycles. The Balaban J connectivity index is 2.21. The van der Waals surface area contributed by atoms with E-state index in [1.165, 1.54) is 0 Å². The van der Waals surface area contributed by atoms with Gasteiger partial charge in [0.05, 0.1) is 13.2 Å². The molecule has 1 aromatic rings. The molecule has 6 nitrogen and oxygen atoms in total. The number of nitrogens with one attached hydrogen (secondary N) is 1. The molecule has 2 rings (SSSR count). The van der Waals surface area contributed by atoms with E-state index in [4.69, 9.17) is 14.2 Å². The van der Waals surface area contributed by atoms with Crippen molar-refractivity contribution in [2.45, 2.75) is 45.6 Å². The van der Waals surface area contributed by atoms with Crippen LogP contribution in [0.15, 0.2) is 18.2 Å². The number of amides is 1. The highest BCUT2D eigenvalue weighted by molar-refractivity contribution is 6.00. The molecule has 1 atom stereocenters. The second kappa shape index (κ2) is 8.34. The molecule has 1 aliphatic carbocycles. The van der Waals surface area contributed by atoms with Gasteiger partial charge in [-0.25, -0.2) is 4.79 Å². The van der Waals surface area contributed by atoms with Gasteiger partial charge in [-0.15, -0.1) is 0 Å². The number of methoxy groups -OCH3 is 1. The van der Waals surface area contributed by atoms with Crippen molar-refractivity contribution in [3.63, 3.8) is 0 Å². The maximum absolute atomic E-state index is 12.6. The average molecular weight is 349 g/mol. The molecule has 0 bridgehead atoms. The number of rotatable bonds is 9. The van der Waals surface area contributed by atoms with Crippen LogP contribution in [0.2, 0.25) is 0 Å². The largest absolute Gasteiger partial charge is 0.493 e. The molecule has 0 spiro atoms. The molecule has 0 unspecified atom stereocenters. The minimum absolute atomic E-state index is 0.213. The lowest BCUT2D eigenvalue weighted by molar-refractivity contribution is -0.138. The van der Waals surface area contributed by atoms with Crippen LogP contribution in [-0.4, -0.2) is 37.8 Å². The Labute approximate surface area is 148 Å². The van der Waals surface area contributed by atoms with Gasteiger partial charge in [0.25, 0.3) is 5.91 Å². The molecule has 1 aliphatic rings. The zero-order valence-electron chi connectivity index (χ0n) is 15.4. The van der Waals surface area contributed by atoms with E-state index in [0.29, 0.717) is 23.6 Å². The summed E-state index contributed by atoms with van der Waals surface area (Å²) in [5, 5.41) is 2.85. The highest BCUT2D eigenvalue weighted by Crippen LogP contribution is 2.42. The molecule has 6 heteroatoms. The minimum atomic E-state index is -0.860. The van der Waals surface area contributed by atoms with E-state index in [-0.39, 0.29) is 18.4 Å². The summed E-state index contributed by atoms with van der Waals surface area (Å²) < 4.78 is 16.2. The van der Waals surface area contributed by atoms with Gasteiger partial charge in [0, 0.05) is 12.8 Å². The van der Waals surface area contributed by atoms with Crippen molar-refractivity contribution in [3.8, 4) is 5.75 Å². The highest BCUT2D eigenvalue weighted by Gasteiger charge is 2.47. The van der Waals surface area contributed by atoms with Crippen molar-refractivity contribution in [1.82, 2.24) is 0 Å². The quantitative estimate of drug-likeness (QED) is 0.692. The Morgan fingerprint density at radius 2 is 2.00 bits per heavy atom. The van der Waals surface area contributed by atoms with Gasteiger partial charge < -0.3 is 19.5 Å². The van der Waals surface area contributed by atoms with Crippen molar-refractivity contribution in [2.24, 2.45) is 5.92 Å². The zero-order chi connectivity index (χ0) is 18.4. The van der Waals surface area contributed by atoms with E-state index >= 15 is 0 Å². The van der Waals surface area contributed by atoms with Crippen LogP contribution in [-0.2, 0) is 14.3 Å². The Hall–Kier alpha value is -2.08. The normalized spacial score (nSPS) is 16.0. The first-order valence-electron chi connectivity index (χ1n) is 8.76. The number of benzene rings is 1. The lowest BCUT2D eigenvalue weighted by Crippen LogP contribution is -2.44. The van der Waals surface area contributed by atoms with Gasteiger partial charge in [-0.1, -0.05) is 6.92 Å². The highest BCUT2D eigenvalue weighted by atomic mass is 16.5. The molecule has 138 valence electrons. The topological polar surface area (TPSA) is 73.9 Å². The van der Waals surface area contributed by atoms with Crippen LogP contribution >= 0.6 is 0 Å². The summed E-state index contributed by atoms with van der Waals surface area (Å²) in [5.41, 5.74) is -0.0407. The molecule has 0 radical (unpaired) electrons. The fraction of sp³-hybridized carbons (Fsp3) is 0.579. The van der Waals surface area contributed by atoms with Crippen LogP contribution in [0.1, 0.15) is 50.4 Å². The number of ether oxygens (including phenoxy) is 3. The van der Waals surface area contributed by atoms with Gasteiger partial charge in [-0.3, -0.25) is 4.79 Å². The molecule has 1 fully saturated rings. The van der Waals surface area contributed by atoms with Crippen LogP contribution in [0.4, 0.5) is 5.69 Å². The summed E-state index contributed by atoms with van der Waals surface area (Å²) in [5.74, 6) is 0.000108. The second-order valence-electron chi connectivity index (χ2n) is 6.32. The predicted octanol–water partition coefficient (Wildman–Crippen LogP) is 3.41. The first-order valence-corrected chi connectivity index (χ1v) is 8.76. The Morgan fingerprint density at radius 1 is 1.28 bits per heavy atom. The number of esters is 1. The van der Waals surface area contributed by atoms with E-state index in [1.54, 1.807) is 39.2 Å². The third-order valence-electron chi connectivity index (χ3n) is 4.43. The number of hydrogen-bond acceptors (Lipinski definition) is 5. The van der Waals surface area contributed by atoms with Gasteiger partial charge in [-0.2, -0.15) is 0 Å². The zero-order valence-corrected chi connectivity index (χ0v) is 15.4. The third kappa shape index (κ3) is 4.51. The number of anilines is 1. The average Bonchev–Trinajstić information content (AvgIpc) is 3.45. The monoisotopic (exact) mass is 349 g/mol. The van der Waals surface area contributed by atoms with Crippen molar-refractivity contribution in [1.29, 1.82) is 0 Å². The van der Waals surface area contributed by atoms with E-state index < -0.39 is 11.6 Å². The summed E-state index contributed by atoms with van der Waals surface area (Å²) in [6, 6.07) is 4.98. The standard InChI is InChI=1S/C19H27NO5/c1-5-11-25-16-10-9-14(12-15(16)17(21)24-6-2)20-18(22)19(3,23-4)13-7-8-13/h9-10,12-13H,5-8,11H2,1-4H3,(H,20,22)/t19-/m0/s1. The van der Waals surface area contributed by atoms with E-state index in [2.05, 4.69) is 5.32 Å². The van der Waals surface area contributed by atoms with Crippen molar-refractivity contribution < 1.29 is 23.8 Å². The Bertz CT molecular complexity index is 626. The lowest BCUT2D eigenvalue weighted by Gasteiger charge is -2.26. The summed E-state index contributed by atoms with van der Waals surface area (Å²) in [7, 11) is 1.55.